The summed E-state index contributed by atoms with van der Waals surface area (Å²) in [6.45, 7) is 8.22. The second kappa shape index (κ2) is 6.37. The Morgan fingerprint density at radius 3 is 2.47 bits per heavy atom. The van der Waals surface area contributed by atoms with Crippen molar-refractivity contribution in [2.75, 3.05) is 32.7 Å². The van der Waals surface area contributed by atoms with Crippen molar-refractivity contribution in [2.45, 2.75) is 45.1 Å². The molecule has 3 heteroatoms. The Morgan fingerprint density at radius 1 is 1.12 bits per heavy atom. The Morgan fingerprint density at radius 2 is 1.82 bits per heavy atom. The van der Waals surface area contributed by atoms with E-state index in [1.807, 2.05) is 0 Å². The third kappa shape index (κ3) is 3.20. The van der Waals surface area contributed by atoms with Gasteiger partial charge in [-0.1, -0.05) is 19.8 Å². The standard InChI is InChI=1S/C14H25N3/c1-2-7-16-8-10-17(11-9-16)14-6-4-3-5-13(14)12-15/h13-14H,2-11H2,1H3. The Kier molecular flexibility index (Phi) is 4.82. The lowest BCUT2D eigenvalue weighted by Gasteiger charge is -2.42. The highest BCUT2D eigenvalue weighted by Gasteiger charge is 2.31. The molecular weight excluding hydrogens is 210 g/mol. The molecule has 1 aliphatic carbocycles. The third-order valence-electron chi connectivity index (χ3n) is 4.31. The normalized spacial score (nSPS) is 32.2. The van der Waals surface area contributed by atoms with Crippen LogP contribution in [0.2, 0.25) is 0 Å². The van der Waals surface area contributed by atoms with Gasteiger partial charge >= 0.3 is 0 Å². The van der Waals surface area contributed by atoms with Crippen molar-refractivity contribution in [3.63, 3.8) is 0 Å². The molecule has 1 aliphatic heterocycles. The summed E-state index contributed by atoms with van der Waals surface area (Å²) in [7, 11) is 0. The highest BCUT2D eigenvalue weighted by Crippen LogP contribution is 2.28. The predicted octanol–water partition coefficient (Wildman–Crippen LogP) is 2.10. The first-order valence-corrected chi connectivity index (χ1v) is 7.21. The van der Waals surface area contributed by atoms with Crippen molar-refractivity contribution >= 4 is 0 Å². The second-order valence-corrected chi connectivity index (χ2v) is 5.47. The molecular formula is C14H25N3. The molecule has 0 radical (unpaired) electrons. The fourth-order valence-corrected chi connectivity index (χ4v) is 3.33. The maximum atomic E-state index is 9.24. The highest BCUT2D eigenvalue weighted by atomic mass is 15.3. The zero-order valence-corrected chi connectivity index (χ0v) is 11.1. The lowest BCUT2D eigenvalue weighted by Crippen LogP contribution is -2.52. The fraction of sp³-hybridized carbons (Fsp3) is 0.929. The molecule has 0 amide bonds. The van der Waals surface area contributed by atoms with E-state index in [1.54, 1.807) is 0 Å². The molecule has 3 nitrogen and oxygen atoms in total. The Hall–Kier alpha value is -0.590. The zero-order chi connectivity index (χ0) is 12.1. The molecule has 96 valence electrons. The van der Waals surface area contributed by atoms with Crippen LogP contribution in [0.3, 0.4) is 0 Å². The van der Waals surface area contributed by atoms with Crippen molar-refractivity contribution in [2.24, 2.45) is 5.92 Å². The molecule has 0 bridgehead atoms. The summed E-state index contributed by atoms with van der Waals surface area (Å²) >= 11 is 0. The largest absolute Gasteiger partial charge is 0.301 e. The van der Waals surface area contributed by atoms with E-state index in [1.165, 1.54) is 58.4 Å². The Labute approximate surface area is 105 Å². The molecule has 2 rings (SSSR count). The molecule has 2 fully saturated rings. The highest BCUT2D eigenvalue weighted by molar-refractivity contribution is 4.96. The summed E-state index contributed by atoms with van der Waals surface area (Å²) in [4.78, 5) is 5.14. The van der Waals surface area contributed by atoms with E-state index in [2.05, 4.69) is 22.8 Å². The van der Waals surface area contributed by atoms with E-state index >= 15 is 0 Å². The van der Waals surface area contributed by atoms with Gasteiger partial charge in [0.05, 0.1) is 12.0 Å². The van der Waals surface area contributed by atoms with Crippen LogP contribution in [0.5, 0.6) is 0 Å². The van der Waals surface area contributed by atoms with Gasteiger partial charge in [-0.05, 0) is 25.8 Å². The number of nitrogens with zero attached hydrogens (tertiary/aromatic N) is 3. The fourth-order valence-electron chi connectivity index (χ4n) is 3.33. The first kappa shape index (κ1) is 12.9. The van der Waals surface area contributed by atoms with Gasteiger partial charge < -0.3 is 4.90 Å². The molecule has 2 atom stereocenters. The second-order valence-electron chi connectivity index (χ2n) is 5.47. The summed E-state index contributed by atoms with van der Waals surface area (Å²) < 4.78 is 0. The van der Waals surface area contributed by atoms with Gasteiger partial charge in [-0.25, -0.2) is 0 Å². The molecule has 17 heavy (non-hydrogen) atoms. The van der Waals surface area contributed by atoms with Gasteiger partial charge in [0.2, 0.25) is 0 Å². The van der Waals surface area contributed by atoms with Crippen LogP contribution in [0.15, 0.2) is 0 Å². The monoisotopic (exact) mass is 235 g/mol. The Bertz CT molecular complexity index is 263. The topological polar surface area (TPSA) is 30.3 Å². The first-order chi connectivity index (χ1) is 8.35. The van der Waals surface area contributed by atoms with Crippen LogP contribution in [-0.2, 0) is 0 Å². The minimum atomic E-state index is 0.293. The first-order valence-electron chi connectivity index (χ1n) is 7.21. The molecule has 0 aromatic carbocycles. The molecule has 0 spiro atoms. The van der Waals surface area contributed by atoms with Gasteiger partial charge in [-0.2, -0.15) is 5.26 Å². The van der Waals surface area contributed by atoms with Gasteiger partial charge in [0.1, 0.15) is 0 Å². The molecule has 1 saturated carbocycles. The summed E-state index contributed by atoms with van der Waals surface area (Å²) in [6, 6.07) is 3.09. The predicted molar refractivity (Wildman–Crippen MR) is 69.7 cm³/mol. The molecule has 0 N–H and O–H groups in total. The SMILES string of the molecule is CCCN1CCN(C2CCCCC2C#N)CC1. The molecule has 1 saturated heterocycles. The minimum absolute atomic E-state index is 0.293. The lowest BCUT2D eigenvalue weighted by molar-refractivity contribution is 0.0633. The summed E-state index contributed by atoms with van der Waals surface area (Å²) in [5.41, 5.74) is 0. The number of piperazine rings is 1. The summed E-state index contributed by atoms with van der Waals surface area (Å²) in [5, 5.41) is 9.24. The Balaban J connectivity index is 1.84. The van der Waals surface area contributed by atoms with Gasteiger partial charge in [-0.3, -0.25) is 4.90 Å². The van der Waals surface area contributed by atoms with Crippen LogP contribution in [0.1, 0.15) is 39.0 Å². The molecule has 2 aliphatic rings. The van der Waals surface area contributed by atoms with E-state index in [9.17, 15) is 5.26 Å². The van der Waals surface area contributed by atoms with Crippen LogP contribution in [-0.4, -0.2) is 48.6 Å². The van der Waals surface area contributed by atoms with Crippen molar-refractivity contribution in [3.8, 4) is 6.07 Å². The van der Waals surface area contributed by atoms with E-state index in [-0.39, 0.29) is 0 Å². The third-order valence-corrected chi connectivity index (χ3v) is 4.31. The number of hydrogen-bond donors (Lipinski definition) is 0. The van der Waals surface area contributed by atoms with Crippen LogP contribution in [0.25, 0.3) is 0 Å². The van der Waals surface area contributed by atoms with Gasteiger partial charge in [0, 0.05) is 32.2 Å². The minimum Gasteiger partial charge on any atom is -0.301 e. The molecule has 1 heterocycles. The summed E-state index contributed by atoms with van der Waals surface area (Å²) in [6.07, 6.45) is 6.19. The van der Waals surface area contributed by atoms with Gasteiger partial charge in [-0.15, -0.1) is 0 Å². The van der Waals surface area contributed by atoms with Crippen molar-refractivity contribution < 1.29 is 0 Å². The molecule has 0 aromatic heterocycles. The van der Waals surface area contributed by atoms with Crippen LogP contribution < -0.4 is 0 Å². The van der Waals surface area contributed by atoms with Crippen molar-refractivity contribution in [1.82, 2.24) is 9.80 Å². The smallest absolute Gasteiger partial charge is 0.0672 e. The van der Waals surface area contributed by atoms with Crippen LogP contribution in [0.4, 0.5) is 0 Å². The number of nitriles is 1. The molecule has 2 unspecified atom stereocenters. The van der Waals surface area contributed by atoms with Gasteiger partial charge in [0.15, 0.2) is 0 Å². The average Bonchev–Trinajstić information content (AvgIpc) is 2.40. The van der Waals surface area contributed by atoms with Crippen LogP contribution >= 0.6 is 0 Å². The van der Waals surface area contributed by atoms with Crippen LogP contribution in [0, 0.1) is 17.2 Å². The summed E-state index contributed by atoms with van der Waals surface area (Å²) in [5.74, 6) is 0.293. The quantitative estimate of drug-likeness (QED) is 0.750. The lowest BCUT2D eigenvalue weighted by atomic mass is 9.84. The maximum absolute atomic E-state index is 9.24. The number of hydrogen-bond acceptors (Lipinski definition) is 3. The van der Waals surface area contributed by atoms with E-state index in [0.717, 1.165) is 6.42 Å². The zero-order valence-electron chi connectivity index (χ0n) is 11.1. The van der Waals surface area contributed by atoms with E-state index in [4.69, 9.17) is 0 Å². The van der Waals surface area contributed by atoms with Gasteiger partial charge in [0.25, 0.3) is 0 Å². The number of rotatable bonds is 3. The van der Waals surface area contributed by atoms with E-state index < -0.39 is 0 Å². The van der Waals surface area contributed by atoms with Crippen molar-refractivity contribution in [3.05, 3.63) is 0 Å². The molecule has 0 aromatic rings. The average molecular weight is 235 g/mol. The van der Waals surface area contributed by atoms with E-state index in [0.29, 0.717) is 12.0 Å². The van der Waals surface area contributed by atoms with Crippen molar-refractivity contribution in [1.29, 1.82) is 5.26 Å². The maximum Gasteiger partial charge on any atom is 0.0672 e.